The first-order chi connectivity index (χ1) is 9.98. The largest absolute Gasteiger partial charge is 0.260 e. The number of rotatable bonds is 7. The second kappa shape index (κ2) is 5.86. The molecule has 1 aromatic rings. The van der Waals surface area contributed by atoms with E-state index in [2.05, 4.69) is 4.98 Å². The van der Waals surface area contributed by atoms with Crippen molar-refractivity contribution in [1.29, 1.82) is 0 Å². The van der Waals surface area contributed by atoms with E-state index in [0.717, 1.165) is 25.2 Å². The molecule has 1 aromatic heterocycles. The summed E-state index contributed by atoms with van der Waals surface area (Å²) in [5, 5.41) is 0.254. The normalized spacial score (nSPS) is 19.2. The lowest BCUT2D eigenvalue weighted by Crippen LogP contribution is -2.34. The average Bonchev–Trinajstić information content (AvgIpc) is 3.32. The number of hydrogen-bond donors (Lipinski definition) is 0. The first-order valence-electron chi connectivity index (χ1n) is 7.59. The molecule has 21 heavy (non-hydrogen) atoms. The van der Waals surface area contributed by atoms with E-state index in [0.29, 0.717) is 24.7 Å². The summed E-state index contributed by atoms with van der Waals surface area (Å²) in [6.45, 7) is 2.98. The molecule has 0 unspecified atom stereocenters. The van der Waals surface area contributed by atoms with Crippen LogP contribution in [0.2, 0.25) is 5.02 Å². The third-order valence-electron chi connectivity index (χ3n) is 4.29. The standard InChI is InChI=1S/C15H21ClN2O2S/c1-11-15(16)14(6-8-17-11)21(19,20)18(10-13-4-5-13)9-7-12-2-3-12/h6,8,12-13H,2-5,7,9-10H2,1H3. The molecule has 0 spiro atoms. The molecule has 6 heteroatoms. The van der Waals surface area contributed by atoms with Gasteiger partial charge in [0.1, 0.15) is 4.90 Å². The van der Waals surface area contributed by atoms with Gasteiger partial charge >= 0.3 is 0 Å². The summed E-state index contributed by atoms with van der Waals surface area (Å²) in [5.74, 6) is 1.25. The fourth-order valence-corrected chi connectivity index (χ4v) is 4.54. The molecule has 0 bridgehead atoms. The maximum atomic E-state index is 12.9. The predicted molar refractivity (Wildman–Crippen MR) is 82.8 cm³/mol. The Bertz CT molecular complexity index is 625. The predicted octanol–water partition coefficient (Wildman–Crippen LogP) is 3.24. The van der Waals surface area contributed by atoms with Gasteiger partial charge in [-0.15, -0.1) is 0 Å². The minimum Gasteiger partial charge on any atom is -0.260 e. The molecule has 116 valence electrons. The highest BCUT2D eigenvalue weighted by molar-refractivity contribution is 7.89. The van der Waals surface area contributed by atoms with Crippen molar-refractivity contribution in [3.63, 3.8) is 0 Å². The monoisotopic (exact) mass is 328 g/mol. The van der Waals surface area contributed by atoms with Gasteiger partial charge in [0.2, 0.25) is 10.0 Å². The number of aryl methyl sites for hydroxylation is 1. The van der Waals surface area contributed by atoms with Crippen LogP contribution in [-0.2, 0) is 10.0 Å². The molecule has 2 aliphatic rings. The van der Waals surface area contributed by atoms with Crippen molar-refractivity contribution in [2.45, 2.75) is 43.9 Å². The minimum absolute atomic E-state index is 0.202. The number of aromatic nitrogens is 1. The molecule has 4 nitrogen and oxygen atoms in total. The highest BCUT2D eigenvalue weighted by atomic mass is 35.5. The summed E-state index contributed by atoms with van der Waals surface area (Å²) in [5.41, 5.74) is 0.561. The maximum absolute atomic E-state index is 12.9. The van der Waals surface area contributed by atoms with Crippen molar-refractivity contribution >= 4 is 21.6 Å². The molecule has 0 radical (unpaired) electrons. The molecule has 0 aliphatic heterocycles. The van der Waals surface area contributed by atoms with Crippen molar-refractivity contribution in [2.75, 3.05) is 13.1 Å². The van der Waals surface area contributed by atoms with Gasteiger partial charge in [0.25, 0.3) is 0 Å². The minimum atomic E-state index is -3.52. The van der Waals surface area contributed by atoms with Gasteiger partial charge in [-0.2, -0.15) is 4.31 Å². The van der Waals surface area contributed by atoms with Crippen LogP contribution in [0.1, 0.15) is 37.8 Å². The van der Waals surface area contributed by atoms with E-state index in [4.69, 9.17) is 11.6 Å². The van der Waals surface area contributed by atoms with E-state index in [1.807, 2.05) is 0 Å². The van der Waals surface area contributed by atoms with Gasteiger partial charge in [-0.25, -0.2) is 8.42 Å². The summed E-state index contributed by atoms with van der Waals surface area (Å²) < 4.78 is 27.5. The molecule has 0 N–H and O–H groups in total. The topological polar surface area (TPSA) is 50.3 Å². The van der Waals surface area contributed by atoms with Crippen LogP contribution in [0.4, 0.5) is 0 Å². The Balaban J connectivity index is 1.84. The lowest BCUT2D eigenvalue weighted by molar-refractivity contribution is 0.382. The Morgan fingerprint density at radius 3 is 2.57 bits per heavy atom. The number of pyridine rings is 1. The van der Waals surface area contributed by atoms with Crippen LogP contribution in [0.5, 0.6) is 0 Å². The van der Waals surface area contributed by atoms with Gasteiger partial charge in [0.05, 0.1) is 10.7 Å². The Morgan fingerprint density at radius 2 is 1.95 bits per heavy atom. The van der Waals surface area contributed by atoms with E-state index in [1.165, 1.54) is 25.1 Å². The molecule has 0 amide bonds. The van der Waals surface area contributed by atoms with Gasteiger partial charge in [-0.05, 0) is 44.1 Å². The van der Waals surface area contributed by atoms with E-state index in [1.54, 1.807) is 11.2 Å². The molecular formula is C15H21ClN2O2S. The number of sulfonamides is 1. The number of nitrogens with zero attached hydrogens (tertiary/aromatic N) is 2. The van der Waals surface area contributed by atoms with Gasteiger partial charge < -0.3 is 0 Å². The first kappa shape index (κ1) is 15.3. The Hall–Kier alpha value is -0.650. The summed E-state index contributed by atoms with van der Waals surface area (Å²) >= 11 is 6.18. The highest BCUT2D eigenvalue weighted by Gasteiger charge is 2.34. The average molecular weight is 329 g/mol. The van der Waals surface area contributed by atoms with Gasteiger partial charge in [-0.3, -0.25) is 4.98 Å². The molecule has 0 aromatic carbocycles. The smallest absolute Gasteiger partial charge is 0.244 e. The fourth-order valence-electron chi connectivity index (χ4n) is 2.49. The van der Waals surface area contributed by atoms with Crippen LogP contribution in [0.25, 0.3) is 0 Å². The third kappa shape index (κ3) is 3.58. The zero-order chi connectivity index (χ0) is 15.0. The Labute approximate surface area is 131 Å². The number of hydrogen-bond acceptors (Lipinski definition) is 3. The molecule has 2 saturated carbocycles. The molecular weight excluding hydrogens is 308 g/mol. The van der Waals surface area contributed by atoms with Crippen molar-refractivity contribution in [2.24, 2.45) is 11.8 Å². The van der Waals surface area contributed by atoms with Gasteiger partial charge in [0, 0.05) is 19.3 Å². The third-order valence-corrected chi connectivity index (χ3v) is 6.78. The van der Waals surface area contributed by atoms with Crippen LogP contribution in [0.15, 0.2) is 17.2 Å². The molecule has 0 atom stereocenters. The summed E-state index contributed by atoms with van der Waals surface area (Å²) in [6, 6.07) is 1.52. The maximum Gasteiger partial charge on any atom is 0.244 e. The van der Waals surface area contributed by atoms with Crippen LogP contribution >= 0.6 is 11.6 Å². The highest BCUT2D eigenvalue weighted by Crippen LogP contribution is 2.36. The molecule has 0 saturated heterocycles. The molecule has 3 rings (SSSR count). The van der Waals surface area contributed by atoms with Crippen LogP contribution in [0.3, 0.4) is 0 Å². The fraction of sp³-hybridized carbons (Fsp3) is 0.667. The van der Waals surface area contributed by atoms with E-state index >= 15 is 0 Å². The van der Waals surface area contributed by atoms with Crippen molar-refractivity contribution in [3.05, 3.63) is 23.0 Å². The molecule has 2 fully saturated rings. The zero-order valence-electron chi connectivity index (χ0n) is 12.3. The quantitative estimate of drug-likeness (QED) is 0.772. The van der Waals surface area contributed by atoms with Crippen LogP contribution in [0, 0.1) is 18.8 Å². The second-order valence-electron chi connectivity index (χ2n) is 6.25. The Morgan fingerprint density at radius 1 is 1.29 bits per heavy atom. The zero-order valence-corrected chi connectivity index (χ0v) is 13.8. The lowest BCUT2D eigenvalue weighted by Gasteiger charge is -2.23. The van der Waals surface area contributed by atoms with Crippen molar-refractivity contribution in [1.82, 2.24) is 9.29 Å². The second-order valence-corrected chi connectivity index (χ2v) is 8.53. The van der Waals surface area contributed by atoms with E-state index < -0.39 is 10.0 Å². The van der Waals surface area contributed by atoms with E-state index in [-0.39, 0.29) is 9.92 Å². The van der Waals surface area contributed by atoms with Crippen molar-refractivity contribution in [3.8, 4) is 0 Å². The lowest BCUT2D eigenvalue weighted by atomic mass is 10.3. The molecule has 1 heterocycles. The van der Waals surface area contributed by atoms with Crippen LogP contribution in [-0.4, -0.2) is 30.8 Å². The Kier molecular flexibility index (Phi) is 4.26. The SMILES string of the molecule is Cc1nccc(S(=O)(=O)N(CCC2CC2)CC2CC2)c1Cl. The van der Waals surface area contributed by atoms with Gasteiger partial charge in [-0.1, -0.05) is 24.4 Å². The van der Waals surface area contributed by atoms with E-state index in [9.17, 15) is 8.42 Å². The van der Waals surface area contributed by atoms with Crippen LogP contribution < -0.4 is 0 Å². The summed E-state index contributed by atoms with van der Waals surface area (Å²) in [7, 11) is -3.52. The molecule has 2 aliphatic carbocycles. The van der Waals surface area contributed by atoms with Crippen molar-refractivity contribution < 1.29 is 8.42 Å². The summed E-state index contributed by atoms with van der Waals surface area (Å²) in [6.07, 6.45) is 7.24. The summed E-state index contributed by atoms with van der Waals surface area (Å²) in [4.78, 5) is 4.26. The number of halogens is 1. The van der Waals surface area contributed by atoms with Gasteiger partial charge in [0.15, 0.2) is 0 Å². The first-order valence-corrected chi connectivity index (χ1v) is 9.41.